The van der Waals surface area contributed by atoms with Crippen molar-refractivity contribution in [3.8, 4) is 0 Å². The van der Waals surface area contributed by atoms with Crippen LogP contribution < -0.4 is 5.32 Å². The van der Waals surface area contributed by atoms with E-state index in [9.17, 15) is 4.79 Å². The van der Waals surface area contributed by atoms with E-state index >= 15 is 0 Å². The van der Waals surface area contributed by atoms with Crippen molar-refractivity contribution in [1.82, 2.24) is 5.32 Å². The molecule has 0 heterocycles. The van der Waals surface area contributed by atoms with Gasteiger partial charge in [0.25, 0.3) is 0 Å². The van der Waals surface area contributed by atoms with Gasteiger partial charge in [0.05, 0.1) is 0 Å². The Bertz CT molecular complexity index is 545. The van der Waals surface area contributed by atoms with E-state index in [4.69, 9.17) is 11.6 Å². The molecular formula is C21H30ClNO. The van der Waals surface area contributed by atoms with Gasteiger partial charge in [0.15, 0.2) is 5.78 Å². The third-order valence-electron chi connectivity index (χ3n) is 5.76. The third kappa shape index (κ3) is 4.83. The number of carbonyl (C=O) groups is 1. The van der Waals surface area contributed by atoms with Gasteiger partial charge < -0.3 is 5.32 Å². The minimum absolute atomic E-state index is 0.204. The van der Waals surface area contributed by atoms with Crippen molar-refractivity contribution in [3.05, 3.63) is 34.3 Å². The Morgan fingerprint density at radius 3 is 2.33 bits per heavy atom. The van der Waals surface area contributed by atoms with Gasteiger partial charge in [-0.2, -0.15) is 0 Å². The number of hydrogen-bond acceptors (Lipinski definition) is 2. The molecule has 2 saturated carbocycles. The van der Waals surface area contributed by atoms with Gasteiger partial charge in [0.2, 0.25) is 0 Å². The van der Waals surface area contributed by atoms with Crippen LogP contribution in [0.15, 0.2) is 18.2 Å². The first-order valence-electron chi connectivity index (χ1n) is 9.80. The Morgan fingerprint density at radius 2 is 1.67 bits per heavy atom. The summed E-state index contributed by atoms with van der Waals surface area (Å²) < 4.78 is 0. The molecule has 3 heteroatoms. The lowest BCUT2D eigenvalue weighted by Gasteiger charge is -2.23. The second-order valence-corrected chi connectivity index (χ2v) is 7.94. The number of nitrogens with one attached hydrogen (secondary N) is 1. The maximum Gasteiger partial charge on any atom is 0.164 e. The van der Waals surface area contributed by atoms with Crippen LogP contribution in [-0.2, 0) is 0 Å². The summed E-state index contributed by atoms with van der Waals surface area (Å²) in [5.74, 6) is 0.791. The SMILES string of the molecule is O=C(CCNC1CCCCC1)c1ccc(C2CCCCC2)c(Cl)c1. The maximum atomic E-state index is 12.4. The summed E-state index contributed by atoms with van der Waals surface area (Å²) in [5.41, 5.74) is 2.01. The molecule has 0 spiro atoms. The van der Waals surface area contributed by atoms with Crippen molar-refractivity contribution in [1.29, 1.82) is 0 Å². The van der Waals surface area contributed by atoms with Crippen molar-refractivity contribution in [2.45, 2.75) is 82.6 Å². The van der Waals surface area contributed by atoms with Crippen LogP contribution in [-0.4, -0.2) is 18.4 Å². The van der Waals surface area contributed by atoms with E-state index in [2.05, 4.69) is 11.4 Å². The highest BCUT2D eigenvalue weighted by Crippen LogP contribution is 2.36. The maximum absolute atomic E-state index is 12.4. The number of carbonyl (C=O) groups excluding carboxylic acids is 1. The molecule has 0 aromatic heterocycles. The summed E-state index contributed by atoms with van der Waals surface area (Å²) in [6, 6.07) is 6.59. The first-order chi connectivity index (χ1) is 11.7. The zero-order valence-electron chi connectivity index (χ0n) is 14.7. The minimum Gasteiger partial charge on any atom is -0.314 e. The minimum atomic E-state index is 0.204. The molecule has 2 aliphatic rings. The lowest BCUT2D eigenvalue weighted by molar-refractivity contribution is 0.0981. The predicted octanol–water partition coefficient (Wildman–Crippen LogP) is 5.88. The van der Waals surface area contributed by atoms with Crippen LogP contribution in [0.3, 0.4) is 0 Å². The molecule has 0 amide bonds. The fraction of sp³-hybridized carbons (Fsp3) is 0.667. The van der Waals surface area contributed by atoms with Crippen LogP contribution in [0, 0.1) is 0 Å². The highest BCUT2D eigenvalue weighted by Gasteiger charge is 2.19. The van der Waals surface area contributed by atoms with Gasteiger partial charge in [-0.05, 0) is 43.2 Å². The molecule has 1 aromatic rings. The van der Waals surface area contributed by atoms with E-state index in [0.717, 1.165) is 17.1 Å². The van der Waals surface area contributed by atoms with Gasteiger partial charge in [-0.25, -0.2) is 0 Å². The molecule has 0 atom stereocenters. The Morgan fingerprint density at radius 1 is 1.00 bits per heavy atom. The quantitative estimate of drug-likeness (QED) is 0.651. The summed E-state index contributed by atoms with van der Waals surface area (Å²) in [6.07, 6.45) is 13.5. The van der Waals surface area contributed by atoms with Crippen LogP contribution in [0.4, 0.5) is 0 Å². The zero-order valence-corrected chi connectivity index (χ0v) is 15.4. The molecule has 3 rings (SSSR count). The largest absolute Gasteiger partial charge is 0.314 e. The van der Waals surface area contributed by atoms with E-state index in [1.807, 2.05) is 12.1 Å². The summed E-state index contributed by atoms with van der Waals surface area (Å²) in [4.78, 5) is 12.4. The van der Waals surface area contributed by atoms with E-state index < -0.39 is 0 Å². The molecule has 0 unspecified atom stereocenters. The fourth-order valence-corrected chi connectivity index (χ4v) is 4.62. The van der Waals surface area contributed by atoms with Gasteiger partial charge in [-0.3, -0.25) is 4.79 Å². The van der Waals surface area contributed by atoms with E-state index in [1.165, 1.54) is 69.8 Å². The second kappa shape index (κ2) is 9.01. The summed E-state index contributed by atoms with van der Waals surface area (Å²) >= 11 is 6.49. The smallest absolute Gasteiger partial charge is 0.164 e. The number of hydrogen-bond donors (Lipinski definition) is 1. The summed E-state index contributed by atoms with van der Waals surface area (Å²) in [6.45, 7) is 0.783. The molecule has 0 bridgehead atoms. The van der Waals surface area contributed by atoms with Crippen molar-refractivity contribution < 1.29 is 4.79 Å². The average molecular weight is 348 g/mol. The van der Waals surface area contributed by atoms with Gasteiger partial charge in [0.1, 0.15) is 0 Å². The molecule has 2 fully saturated rings. The summed E-state index contributed by atoms with van der Waals surface area (Å²) in [5, 5.41) is 4.33. The Labute approximate surface area is 151 Å². The lowest BCUT2D eigenvalue weighted by atomic mass is 9.83. The molecular weight excluding hydrogens is 318 g/mol. The number of halogens is 1. The average Bonchev–Trinajstić information content (AvgIpc) is 2.63. The summed E-state index contributed by atoms with van der Waals surface area (Å²) in [7, 11) is 0. The highest BCUT2D eigenvalue weighted by atomic mass is 35.5. The van der Waals surface area contributed by atoms with E-state index in [-0.39, 0.29) is 5.78 Å². The first kappa shape index (κ1) is 17.9. The van der Waals surface area contributed by atoms with Crippen molar-refractivity contribution in [2.24, 2.45) is 0 Å². The van der Waals surface area contributed by atoms with Crippen molar-refractivity contribution in [3.63, 3.8) is 0 Å². The molecule has 2 aliphatic carbocycles. The number of rotatable bonds is 6. The Kier molecular flexibility index (Phi) is 6.74. The predicted molar refractivity (Wildman–Crippen MR) is 101 cm³/mol. The molecule has 132 valence electrons. The van der Waals surface area contributed by atoms with E-state index in [1.54, 1.807) is 0 Å². The van der Waals surface area contributed by atoms with Crippen LogP contribution >= 0.6 is 11.6 Å². The highest BCUT2D eigenvalue weighted by molar-refractivity contribution is 6.31. The molecule has 0 saturated heterocycles. The molecule has 1 N–H and O–H groups in total. The molecule has 0 aliphatic heterocycles. The standard InChI is InChI=1S/C21H30ClNO/c22-20-15-17(11-12-19(20)16-7-3-1-4-8-16)21(24)13-14-23-18-9-5-2-6-10-18/h11-12,15-16,18,23H,1-10,13-14H2. The number of benzene rings is 1. The monoisotopic (exact) mass is 347 g/mol. The second-order valence-electron chi connectivity index (χ2n) is 7.53. The topological polar surface area (TPSA) is 29.1 Å². The Hall–Kier alpha value is -0.860. The lowest BCUT2D eigenvalue weighted by Crippen LogP contribution is -2.32. The van der Waals surface area contributed by atoms with Gasteiger partial charge in [0, 0.05) is 29.6 Å². The van der Waals surface area contributed by atoms with Crippen molar-refractivity contribution in [2.75, 3.05) is 6.54 Å². The van der Waals surface area contributed by atoms with Crippen LogP contribution in [0.1, 0.15) is 92.5 Å². The fourth-order valence-electron chi connectivity index (χ4n) is 4.29. The molecule has 1 aromatic carbocycles. The molecule has 0 radical (unpaired) electrons. The van der Waals surface area contributed by atoms with Gasteiger partial charge in [-0.15, -0.1) is 0 Å². The van der Waals surface area contributed by atoms with E-state index in [0.29, 0.717) is 18.4 Å². The third-order valence-corrected chi connectivity index (χ3v) is 6.08. The van der Waals surface area contributed by atoms with Gasteiger partial charge in [-0.1, -0.05) is 62.3 Å². The first-order valence-corrected chi connectivity index (χ1v) is 10.2. The van der Waals surface area contributed by atoms with Gasteiger partial charge >= 0.3 is 0 Å². The number of ketones is 1. The molecule has 2 nitrogen and oxygen atoms in total. The Balaban J connectivity index is 1.52. The van der Waals surface area contributed by atoms with Crippen LogP contribution in [0.25, 0.3) is 0 Å². The van der Waals surface area contributed by atoms with Crippen molar-refractivity contribution >= 4 is 17.4 Å². The molecule has 24 heavy (non-hydrogen) atoms. The normalized spacial score (nSPS) is 20.2. The van der Waals surface area contributed by atoms with Crippen LogP contribution in [0.2, 0.25) is 5.02 Å². The zero-order chi connectivity index (χ0) is 16.8. The number of Topliss-reactive ketones (excluding diaryl/α,β-unsaturated/α-hetero) is 1. The van der Waals surface area contributed by atoms with Crippen LogP contribution in [0.5, 0.6) is 0 Å².